The van der Waals surface area contributed by atoms with Gasteiger partial charge in [-0.25, -0.2) is 9.97 Å². The summed E-state index contributed by atoms with van der Waals surface area (Å²) in [4.78, 5) is 8.81. The zero-order valence-corrected chi connectivity index (χ0v) is 12.1. The van der Waals surface area contributed by atoms with Gasteiger partial charge >= 0.3 is 0 Å². The second-order valence-corrected chi connectivity index (χ2v) is 4.64. The molecule has 3 N–H and O–H groups in total. The first-order valence-corrected chi connectivity index (χ1v) is 6.43. The van der Waals surface area contributed by atoms with Crippen molar-refractivity contribution in [1.82, 2.24) is 9.97 Å². The summed E-state index contributed by atoms with van der Waals surface area (Å²) in [6.45, 7) is 5.66. The van der Waals surface area contributed by atoms with Crippen molar-refractivity contribution >= 4 is 5.69 Å². The number of nitrogens with one attached hydrogen (secondary N) is 1. The van der Waals surface area contributed by atoms with E-state index in [1.54, 1.807) is 20.4 Å². The normalized spacial score (nSPS) is 12.7. The fourth-order valence-electron chi connectivity index (χ4n) is 1.63. The van der Waals surface area contributed by atoms with Crippen LogP contribution in [-0.2, 0) is 16.0 Å². The van der Waals surface area contributed by atoms with Crippen LogP contribution in [0, 0.1) is 0 Å². The molecule has 0 aliphatic carbocycles. The van der Waals surface area contributed by atoms with Gasteiger partial charge < -0.3 is 20.5 Å². The Bertz CT molecular complexity index is 385. The van der Waals surface area contributed by atoms with Crippen LogP contribution in [0.4, 0.5) is 5.69 Å². The molecule has 1 rings (SSSR count). The van der Waals surface area contributed by atoms with E-state index in [-0.39, 0.29) is 6.10 Å². The van der Waals surface area contributed by atoms with Gasteiger partial charge in [-0.2, -0.15) is 0 Å². The Kier molecular flexibility index (Phi) is 6.69. The van der Waals surface area contributed by atoms with Crippen LogP contribution in [0.15, 0.2) is 6.20 Å². The molecule has 0 amide bonds. The number of nitrogens with zero attached hydrogens (tertiary/aromatic N) is 2. The van der Waals surface area contributed by atoms with Gasteiger partial charge in [0, 0.05) is 33.2 Å². The summed E-state index contributed by atoms with van der Waals surface area (Å²) in [6, 6.07) is 0. The van der Waals surface area contributed by atoms with Crippen LogP contribution in [0.2, 0.25) is 0 Å². The number of nitrogens with two attached hydrogens (primary N) is 1. The van der Waals surface area contributed by atoms with E-state index in [1.165, 1.54) is 0 Å². The maximum atomic E-state index is 5.73. The summed E-state index contributed by atoms with van der Waals surface area (Å²) in [5.74, 6) is 1.10. The predicted molar refractivity (Wildman–Crippen MR) is 75.2 cm³/mol. The van der Waals surface area contributed by atoms with Crippen LogP contribution in [0.25, 0.3) is 0 Å². The second-order valence-electron chi connectivity index (χ2n) is 4.64. The molecule has 108 valence electrons. The monoisotopic (exact) mass is 268 g/mol. The lowest BCUT2D eigenvalue weighted by atomic mass is 10.2. The van der Waals surface area contributed by atoms with Gasteiger partial charge in [0.1, 0.15) is 5.82 Å². The number of aromatic nitrogens is 2. The molecular weight excluding hydrogens is 244 g/mol. The molecule has 1 aromatic heterocycles. The van der Waals surface area contributed by atoms with Crippen LogP contribution >= 0.6 is 0 Å². The molecule has 1 atom stereocenters. The van der Waals surface area contributed by atoms with E-state index < -0.39 is 0 Å². The van der Waals surface area contributed by atoms with Crippen molar-refractivity contribution in [2.45, 2.75) is 32.4 Å². The average molecular weight is 268 g/mol. The van der Waals surface area contributed by atoms with Gasteiger partial charge in [0.25, 0.3) is 0 Å². The summed E-state index contributed by atoms with van der Waals surface area (Å²) in [6.07, 6.45) is 1.77. The van der Waals surface area contributed by atoms with Crippen LogP contribution in [0.5, 0.6) is 0 Å². The van der Waals surface area contributed by atoms with Gasteiger partial charge in [0.05, 0.1) is 30.3 Å². The van der Waals surface area contributed by atoms with E-state index in [0.29, 0.717) is 25.6 Å². The number of hydrogen-bond donors (Lipinski definition) is 2. The third-order valence-electron chi connectivity index (χ3n) is 2.80. The molecule has 0 aliphatic rings. The van der Waals surface area contributed by atoms with Crippen molar-refractivity contribution in [2.75, 3.05) is 32.7 Å². The van der Waals surface area contributed by atoms with E-state index in [0.717, 1.165) is 17.2 Å². The van der Waals surface area contributed by atoms with Gasteiger partial charge in [-0.05, 0) is 0 Å². The highest BCUT2D eigenvalue weighted by Crippen LogP contribution is 2.16. The Morgan fingerprint density at radius 1 is 1.37 bits per heavy atom. The third kappa shape index (κ3) is 4.74. The van der Waals surface area contributed by atoms with E-state index in [4.69, 9.17) is 15.2 Å². The van der Waals surface area contributed by atoms with Gasteiger partial charge in [-0.15, -0.1) is 0 Å². The molecule has 1 aromatic rings. The fraction of sp³-hybridized carbons (Fsp3) is 0.692. The van der Waals surface area contributed by atoms with Gasteiger partial charge in [0.2, 0.25) is 0 Å². The Balaban J connectivity index is 2.72. The molecule has 1 unspecified atom stereocenters. The van der Waals surface area contributed by atoms with Crippen molar-refractivity contribution in [1.29, 1.82) is 0 Å². The minimum atomic E-state index is -0.0135. The molecule has 0 spiro atoms. The van der Waals surface area contributed by atoms with Gasteiger partial charge in [-0.3, -0.25) is 0 Å². The van der Waals surface area contributed by atoms with Crippen molar-refractivity contribution in [3.05, 3.63) is 17.7 Å². The van der Waals surface area contributed by atoms with Crippen molar-refractivity contribution in [3.8, 4) is 0 Å². The first-order valence-electron chi connectivity index (χ1n) is 6.43. The molecular formula is C13H24N4O2. The number of rotatable bonds is 8. The topological polar surface area (TPSA) is 82.3 Å². The van der Waals surface area contributed by atoms with Crippen LogP contribution in [0.3, 0.4) is 0 Å². The Morgan fingerprint density at radius 2 is 2.11 bits per heavy atom. The maximum absolute atomic E-state index is 5.73. The minimum absolute atomic E-state index is 0.0135. The lowest BCUT2D eigenvalue weighted by molar-refractivity contribution is 0.0365. The standard InChI is InChI=1S/C13H24N4O2/c1-9(2)13-16-7-12(11(5-14)17-13)15-6-10(19-4)8-18-3/h7,9-10,15H,5-6,8,14H2,1-4H3. The van der Waals surface area contributed by atoms with Crippen molar-refractivity contribution < 1.29 is 9.47 Å². The fourth-order valence-corrected chi connectivity index (χ4v) is 1.63. The summed E-state index contributed by atoms with van der Waals surface area (Å²) in [5.41, 5.74) is 7.41. The first kappa shape index (κ1) is 15.8. The highest BCUT2D eigenvalue weighted by Gasteiger charge is 2.11. The van der Waals surface area contributed by atoms with E-state index >= 15 is 0 Å². The van der Waals surface area contributed by atoms with Crippen LogP contribution in [0.1, 0.15) is 31.3 Å². The Morgan fingerprint density at radius 3 is 2.63 bits per heavy atom. The molecule has 0 aliphatic heterocycles. The number of hydrogen-bond acceptors (Lipinski definition) is 6. The van der Waals surface area contributed by atoms with Gasteiger partial charge in [0.15, 0.2) is 0 Å². The highest BCUT2D eigenvalue weighted by atomic mass is 16.5. The summed E-state index contributed by atoms with van der Waals surface area (Å²) in [5, 5.41) is 3.26. The van der Waals surface area contributed by atoms with Crippen molar-refractivity contribution in [2.24, 2.45) is 5.73 Å². The van der Waals surface area contributed by atoms with Crippen molar-refractivity contribution in [3.63, 3.8) is 0 Å². The van der Waals surface area contributed by atoms with Crippen LogP contribution in [-0.4, -0.2) is 43.4 Å². The molecule has 0 saturated carbocycles. The summed E-state index contributed by atoms with van der Waals surface area (Å²) >= 11 is 0. The van der Waals surface area contributed by atoms with E-state index in [9.17, 15) is 0 Å². The maximum Gasteiger partial charge on any atom is 0.131 e. The SMILES string of the molecule is COCC(CNc1cnc(C(C)C)nc1CN)OC. The predicted octanol–water partition coefficient (Wildman–Crippen LogP) is 1.13. The quantitative estimate of drug-likeness (QED) is 0.735. The lowest BCUT2D eigenvalue weighted by Gasteiger charge is -2.17. The largest absolute Gasteiger partial charge is 0.382 e. The highest BCUT2D eigenvalue weighted by molar-refractivity contribution is 5.46. The Labute approximate surface area is 114 Å². The van der Waals surface area contributed by atoms with Crippen LogP contribution < -0.4 is 11.1 Å². The molecule has 6 heteroatoms. The molecule has 19 heavy (non-hydrogen) atoms. The smallest absolute Gasteiger partial charge is 0.131 e. The summed E-state index contributed by atoms with van der Waals surface area (Å²) < 4.78 is 10.4. The Hall–Kier alpha value is -1.24. The lowest BCUT2D eigenvalue weighted by Crippen LogP contribution is -2.27. The average Bonchev–Trinajstić information content (AvgIpc) is 2.43. The first-order chi connectivity index (χ1) is 9.12. The van der Waals surface area contributed by atoms with E-state index in [1.807, 2.05) is 0 Å². The number of methoxy groups -OCH3 is 2. The third-order valence-corrected chi connectivity index (χ3v) is 2.80. The zero-order chi connectivity index (χ0) is 14.3. The molecule has 0 fully saturated rings. The summed E-state index contributed by atoms with van der Waals surface area (Å²) in [7, 11) is 3.31. The van der Waals surface area contributed by atoms with E-state index in [2.05, 4.69) is 29.1 Å². The molecule has 0 bridgehead atoms. The molecule has 0 saturated heterocycles. The number of anilines is 1. The molecule has 0 radical (unpaired) electrons. The minimum Gasteiger partial charge on any atom is -0.382 e. The molecule has 0 aromatic carbocycles. The van der Waals surface area contributed by atoms with Gasteiger partial charge in [-0.1, -0.05) is 13.8 Å². The second kappa shape index (κ2) is 8.04. The molecule has 6 nitrogen and oxygen atoms in total. The zero-order valence-electron chi connectivity index (χ0n) is 12.1. The molecule has 1 heterocycles. The number of ether oxygens (including phenoxy) is 2.